The quantitative estimate of drug-likeness (QED) is 0.845. The van der Waals surface area contributed by atoms with E-state index in [1.807, 2.05) is 13.0 Å². The average molecular weight is 249 g/mol. The molecule has 0 radical (unpaired) electrons. The molecule has 0 saturated carbocycles. The lowest BCUT2D eigenvalue weighted by atomic mass is 10.2. The van der Waals surface area contributed by atoms with Crippen molar-refractivity contribution in [3.63, 3.8) is 0 Å². The number of nitrogens with two attached hydrogens (primary N) is 1. The maximum atomic E-state index is 11.3. The molecule has 0 aliphatic carbocycles. The van der Waals surface area contributed by atoms with Crippen molar-refractivity contribution >= 4 is 35.6 Å². The van der Waals surface area contributed by atoms with Gasteiger partial charge in [0.05, 0.1) is 16.8 Å². The van der Waals surface area contributed by atoms with E-state index in [1.54, 1.807) is 19.1 Å². The minimum atomic E-state index is -0.535. The molecule has 0 aliphatic rings. The summed E-state index contributed by atoms with van der Waals surface area (Å²) in [6.45, 7) is 3.56. The molecule has 0 aliphatic heterocycles. The second-order valence-corrected chi connectivity index (χ2v) is 3.67. The second-order valence-electron chi connectivity index (χ2n) is 3.26. The van der Waals surface area contributed by atoms with Crippen LogP contribution in [0.2, 0.25) is 5.02 Å². The number of nitrogens with one attached hydrogen (secondary N) is 1. The molecule has 1 rings (SSSR count). The summed E-state index contributed by atoms with van der Waals surface area (Å²) in [6, 6.07) is 4.89. The zero-order valence-corrected chi connectivity index (χ0v) is 10.2. The van der Waals surface area contributed by atoms with Gasteiger partial charge >= 0.3 is 0 Å². The summed E-state index contributed by atoms with van der Waals surface area (Å²) in [4.78, 5) is 11.3. The fraction of sp³-hybridized carbons (Fsp3) is 0.300. The molecule has 3 N–H and O–H groups in total. The van der Waals surface area contributed by atoms with Gasteiger partial charge in [-0.1, -0.05) is 17.7 Å². The Morgan fingerprint density at radius 3 is 2.60 bits per heavy atom. The first kappa shape index (κ1) is 14.2. The third-order valence-corrected chi connectivity index (χ3v) is 2.11. The molecule has 0 fully saturated rings. The molecular weight excluding hydrogens is 235 g/mol. The third-order valence-electron chi connectivity index (χ3n) is 1.80. The van der Waals surface area contributed by atoms with Gasteiger partial charge < -0.3 is 11.1 Å². The lowest BCUT2D eigenvalue weighted by Gasteiger charge is -2.09. The molecule has 1 amide bonds. The van der Waals surface area contributed by atoms with Crippen LogP contribution in [0.25, 0.3) is 0 Å². The Morgan fingerprint density at radius 2 is 2.13 bits per heavy atom. The predicted molar refractivity (Wildman–Crippen MR) is 65.7 cm³/mol. The van der Waals surface area contributed by atoms with E-state index < -0.39 is 6.04 Å². The first-order valence-electron chi connectivity index (χ1n) is 4.33. The smallest absolute Gasteiger partial charge is 0.241 e. The van der Waals surface area contributed by atoms with Crippen molar-refractivity contribution in [1.29, 1.82) is 0 Å². The molecule has 3 nitrogen and oxygen atoms in total. The van der Waals surface area contributed by atoms with Crippen molar-refractivity contribution in [2.75, 3.05) is 5.32 Å². The molecule has 0 unspecified atom stereocenters. The van der Waals surface area contributed by atoms with E-state index >= 15 is 0 Å². The fourth-order valence-corrected chi connectivity index (χ4v) is 1.25. The van der Waals surface area contributed by atoms with Gasteiger partial charge in [-0.2, -0.15) is 0 Å². The van der Waals surface area contributed by atoms with Gasteiger partial charge in [-0.25, -0.2) is 0 Å². The summed E-state index contributed by atoms with van der Waals surface area (Å²) in [5, 5.41) is 3.17. The number of halogens is 2. The Bertz CT molecular complexity index is 353. The lowest BCUT2D eigenvalue weighted by molar-refractivity contribution is -0.117. The van der Waals surface area contributed by atoms with Gasteiger partial charge in [0.1, 0.15) is 0 Å². The predicted octanol–water partition coefficient (Wildman–Crippen LogP) is 2.36. The standard InChI is InChI=1S/C10H13ClN2O.ClH/c1-6-3-4-9(8(11)5-6)13-10(14)7(2)12;/h3-5,7H,12H2,1-2H3,(H,13,14);1H/t7-;/m1./s1. The van der Waals surface area contributed by atoms with Crippen molar-refractivity contribution in [1.82, 2.24) is 0 Å². The number of carbonyl (C=O) groups excluding carboxylic acids is 1. The van der Waals surface area contributed by atoms with Gasteiger partial charge in [0.15, 0.2) is 0 Å². The molecule has 1 aromatic rings. The second kappa shape index (κ2) is 5.95. The Balaban J connectivity index is 0.00000196. The number of hydrogen-bond donors (Lipinski definition) is 2. The number of aryl methyl sites for hydroxylation is 1. The number of amides is 1. The van der Waals surface area contributed by atoms with Gasteiger partial charge in [-0.15, -0.1) is 12.4 Å². The topological polar surface area (TPSA) is 55.1 Å². The summed E-state index contributed by atoms with van der Waals surface area (Å²) in [7, 11) is 0. The minimum absolute atomic E-state index is 0. The molecule has 0 bridgehead atoms. The molecule has 0 heterocycles. The summed E-state index contributed by atoms with van der Waals surface area (Å²) < 4.78 is 0. The van der Waals surface area contributed by atoms with Crippen LogP contribution in [-0.4, -0.2) is 11.9 Å². The molecule has 1 atom stereocenters. The van der Waals surface area contributed by atoms with Gasteiger partial charge in [-0.05, 0) is 31.5 Å². The Labute approximate surface area is 100 Å². The first-order valence-corrected chi connectivity index (χ1v) is 4.71. The summed E-state index contributed by atoms with van der Waals surface area (Å²) >= 11 is 5.92. The van der Waals surface area contributed by atoms with Gasteiger partial charge in [0.2, 0.25) is 5.91 Å². The molecule has 0 aromatic heterocycles. The van der Waals surface area contributed by atoms with E-state index in [2.05, 4.69) is 5.32 Å². The average Bonchev–Trinajstić information content (AvgIpc) is 2.09. The number of carbonyl (C=O) groups is 1. The molecule has 0 spiro atoms. The summed E-state index contributed by atoms with van der Waals surface area (Å²) in [6.07, 6.45) is 0. The van der Waals surface area contributed by atoms with Crippen LogP contribution in [0.15, 0.2) is 18.2 Å². The van der Waals surface area contributed by atoms with Crippen LogP contribution >= 0.6 is 24.0 Å². The van der Waals surface area contributed by atoms with Crippen LogP contribution < -0.4 is 11.1 Å². The largest absolute Gasteiger partial charge is 0.323 e. The Morgan fingerprint density at radius 1 is 1.53 bits per heavy atom. The van der Waals surface area contributed by atoms with E-state index in [-0.39, 0.29) is 18.3 Å². The molecule has 84 valence electrons. The maximum absolute atomic E-state index is 11.3. The normalized spacial score (nSPS) is 11.5. The number of hydrogen-bond acceptors (Lipinski definition) is 2. The summed E-state index contributed by atoms with van der Waals surface area (Å²) in [5.41, 5.74) is 7.06. The van der Waals surface area contributed by atoms with Crippen LogP contribution in [0.1, 0.15) is 12.5 Å². The van der Waals surface area contributed by atoms with Crippen molar-refractivity contribution < 1.29 is 4.79 Å². The molecule has 1 aromatic carbocycles. The monoisotopic (exact) mass is 248 g/mol. The zero-order chi connectivity index (χ0) is 10.7. The first-order chi connectivity index (χ1) is 6.50. The molecule has 5 heteroatoms. The van der Waals surface area contributed by atoms with Crippen LogP contribution in [0.4, 0.5) is 5.69 Å². The van der Waals surface area contributed by atoms with E-state index in [0.29, 0.717) is 10.7 Å². The Kier molecular flexibility index (Phi) is 5.65. The van der Waals surface area contributed by atoms with E-state index in [0.717, 1.165) is 5.56 Å². The van der Waals surface area contributed by atoms with Crippen LogP contribution in [0.3, 0.4) is 0 Å². The highest BCUT2D eigenvalue weighted by Crippen LogP contribution is 2.22. The zero-order valence-electron chi connectivity index (χ0n) is 8.58. The van der Waals surface area contributed by atoms with Gasteiger partial charge in [-0.3, -0.25) is 4.79 Å². The minimum Gasteiger partial charge on any atom is -0.323 e. The van der Waals surface area contributed by atoms with Crippen molar-refractivity contribution in [2.24, 2.45) is 5.73 Å². The molecule has 15 heavy (non-hydrogen) atoms. The van der Waals surface area contributed by atoms with Gasteiger partial charge in [0, 0.05) is 0 Å². The highest BCUT2D eigenvalue weighted by molar-refractivity contribution is 6.33. The van der Waals surface area contributed by atoms with Crippen LogP contribution in [0.5, 0.6) is 0 Å². The SMILES string of the molecule is Cc1ccc(NC(=O)[C@@H](C)N)c(Cl)c1.Cl. The Hall–Kier alpha value is -0.770. The van der Waals surface area contributed by atoms with Crippen LogP contribution in [0, 0.1) is 6.92 Å². The van der Waals surface area contributed by atoms with Crippen LogP contribution in [-0.2, 0) is 4.79 Å². The molecule has 0 saturated heterocycles. The lowest BCUT2D eigenvalue weighted by Crippen LogP contribution is -2.32. The maximum Gasteiger partial charge on any atom is 0.241 e. The van der Waals surface area contributed by atoms with Gasteiger partial charge in [0.25, 0.3) is 0 Å². The number of anilines is 1. The van der Waals surface area contributed by atoms with Crippen molar-refractivity contribution in [2.45, 2.75) is 19.9 Å². The van der Waals surface area contributed by atoms with E-state index in [4.69, 9.17) is 17.3 Å². The number of benzene rings is 1. The van der Waals surface area contributed by atoms with Crippen molar-refractivity contribution in [3.05, 3.63) is 28.8 Å². The molecular formula is C10H14Cl2N2O. The third kappa shape index (κ3) is 4.08. The highest BCUT2D eigenvalue weighted by Gasteiger charge is 2.09. The fourth-order valence-electron chi connectivity index (χ4n) is 0.968. The van der Waals surface area contributed by atoms with E-state index in [1.165, 1.54) is 0 Å². The highest BCUT2D eigenvalue weighted by atomic mass is 35.5. The number of rotatable bonds is 2. The van der Waals surface area contributed by atoms with E-state index in [9.17, 15) is 4.79 Å². The summed E-state index contributed by atoms with van der Waals surface area (Å²) in [5.74, 6) is -0.240. The van der Waals surface area contributed by atoms with Crippen molar-refractivity contribution in [3.8, 4) is 0 Å².